The van der Waals surface area contributed by atoms with Crippen LogP contribution in [-0.2, 0) is 37.5 Å². The third-order valence-corrected chi connectivity index (χ3v) is 13.1. The van der Waals surface area contributed by atoms with Crippen molar-refractivity contribution in [2.24, 2.45) is 5.11 Å². The minimum absolute atomic E-state index is 0.0739. The van der Waals surface area contributed by atoms with Gasteiger partial charge in [0.05, 0.1) is 9.79 Å². The number of aryl methyl sites for hydroxylation is 1. The van der Waals surface area contributed by atoms with Crippen LogP contribution in [0.25, 0.3) is 10.4 Å². The van der Waals surface area contributed by atoms with Gasteiger partial charge < -0.3 is 4.74 Å². The molecule has 1 atom stereocenters. The molecule has 2 aliphatic rings. The van der Waals surface area contributed by atoms with Crippen molar-refractivity contribution in [3.05, 3.63) is 158 Å². The first-order valence-electron chi connectivity index (χ1n) is 19.3. The van der Waals surface area contributed by atoms with Crippen LogP contribution < -0.4 is 4.74 Å². The van der Waals surface area contributed by atoms with Crippen molar-refractivity contribution >= 4 is 20.2 Å². The topological polar surface area (TPSA) is 167 Å². The van der Waals surface area contributed by atoms with Crippen molar-refractivity contribution in [1.82, 2.24) is 0 Å². The second-order valence-electron chi connectivity index (χ2n) is 16.0. The number of unbranched alkanes of at least 4 members (excludes halogenated alkanes) is 1. The molecule has 1 unspecified atom stereocenters. The van der Waals surface area contributed by atoms with Gasteiger partial charge in [0.15, 0.2) is 0 Å². The van der Waals surface area contributed by atoms with Crippen molar-refractivity contribution in [1.29, 1.82) is 0 Å². The number of hydrogen-bond acceptors (Lipinski definition) is 6. The highest BCUT2D eigenvalue weighted by atomic mass is 32.2. The predicted octanol–water partition coefficient (Wildman–Crippen LogP) is 11.4. The van der Waals surface area contributed by atoms with Crippen LogP contribution in [0.1, 0.15) is 107 Å². The molecule has 57 heavy (non-hydrogen) atoms. The van der Waals surface area contributed by atoms with Crippen LogP contribution in [0.2, 0.25) is 0 Å². The molecule has 0 amide bonds. The number of allylic oxidation sites excluding steroid dienone is 8. The van der Waals surface area contributed by atoms with Crippen LogP contribution in [0, 0.1) is 6.92 Å². The SMILES string of the molecule is C=C(/C=C/C1=C(Oc2ccc(CCN=[N+]=[N-])cc2)C(=C/C=C2/C(CCCC)c3ccc(S(=O)(=O)O)cc3C2(C)C)/CCC1)C(C)(C)c1cc(S(=O)(=O)O)ccc1C. The molecular formula is C45H53N3O7S2. The van der Waals surface area contributed by atoms with Crippen LogP contribution in [0.4, 0.5) is 0 Å². The van der Waals surface area contributed by atoms with Crippen LogP contribution in [0.3, 0.4) is 0 Å². The molecule has 0 radical (unpaired) electrons. The molecule has 0 spiro atoms. The maximum Gasteiger partial charge on any atom is 0.294 e. The zero-order valence-corrected chi connectivity index (χ0v) is 35.3. The Morgan fingerprint density at radius 1 is 1.00 bits per heavy atom. The molecule has 302 valence electrons. The molecule has 10 nitrogen and oxygen atoms in total. The third kappa shape index (κ3) is 9.88. The Kier molecular flexibility index (Phi) is 13.3. The molecule has 2 aliphatic carbocycles. The Bertz CT molecular complexity index is 2430. The lowest BCUT2D eigenvalue weighted by atomic mass is 9.76. The van der Waals surface area contributed by atoms with E-state index in [1.54, 1.807) is 12.1 Å². The Hall–Kier alpha value is -4.71. The average molecular weight is 812 g/mol. The number of rotatable bonds is 15. The lowest BCUT2D eigenvalue weighted by Gasteiger charge is -2.29. The first-order valence-corrected chi connectivity index (χ1v) is 22.2. The number of benzene rings is 3. The molecule has 0 bridgehead atoms. The van der Waals surface area contributed by atoms with Crippen LogP contribution in [0.5, 0.6) is 5.75 Å². The molecule has 0 saturated carbocycles. The number of ether oxygens (including phenoxy) is 1. The first-order chi connectivity index (χ1) is 26.8. The van der Waals surface area contributed by atoms with E-state index in [0.717, 1.165) is 94.4 Å². The Labute approximate surface area is 337 Å². The minimum Gasteiger partial charge on any atom is -0.457 e. The van der Waals surface area contributed by atoms with Crippen molar-refractivity contribution in [2.75, 3.05) is 6.54 Å². The summed E-state index contributed by atoms with van der Waals surface area (Å²) in [5.74, 6) is 1.44. The molecule has 3 aromatic rings. The fourth-order valence-electron chi connectivity index (χ4n) is 7.97. The van der Waals surface area contributed by atoms with Gasteiger partial charge in [-0.1, -0.05) is 113 Å². The number of fused-ring (bicyclic) bond motifs is 1. The van der Waals surface area contributed by atoms with E-state index >= 15 is 0 Å². The molecule has 0 aliphatic heterocycles. The summed E-state index contributed by atoms with van der Waals surface area (Å²) in [6, 6.07) is 17.2. The van der Waals surface area contributed by atoms with Gasteiger partial charge >= 0.3 is 0 Å². The molecule has 0 heterocycles. The predicted molar refractivity (Wildman–Crippen MR) is 226 cm³/mol. The average Bonchev–Trinajstić information content (AvgIpc) is 3.36. The van der Waals surface area contributed by atoms with E-state index < -0.39 is 31.1 Å². The lowest BCUT2D eigenvalue weighted by molar-refractivity contribution is 0.415. The van der Waals surface area contributed by atoms with Gasteiger partial charge in [0.2, 0.25) is 0 Å². The quantitative estimate of drug-likeness (QED) is 0.0506. The summed E-state index contributed by atoms with van der Waals surface area (Å²) in [7, 11) is -8.77. The van der Waals surface area contributed by atoms with Gasteiger partial charge in [0, 0.05) is 28.2 Å². The third-order valence-electron chi connectivity index (χ3n) is 11.4. The van der Waals surface area contributed by atoms with Crippen LogP contribution in [0.15, 0.2) is 135 Å². The summed E-state index contributed by atoms with van der Waals surface area (Å²) >= 11 is 0. The molecule has 12 heteroatoms. The van der Waals surface area contributed by atoms with Gasteiger partial charge in [-0.3, -0.25) is 9.11 Å². The van der Waals surface area contributed by atoms with Crippen molar-refractivity contribution in [3.8, 4) is 5.75 Å². The Morgan fingerprint density at radius 3 is 2.32 bits per heavy atom. The fourth-order valence-corrected chi connectivity index (χ4v) is 8.98. The summed E-state index contributed by atoms with van der Waals surface area (Å²) < 4.78 is 74.7. The second-order valence-corrected chi connectivity index (χ2v) is 18.8. The Morgan fingerprint density at radius 2 is 1.67 bits per heavy atom. The molecule has 0 fully saturated rings. The van der Waals surface area contributed by atoms with Crippen LogP contribution >= 0.6 is 0 Å². The highest BCUT2D eigenvalue weighted by Crippen LogP contribution is 2.53. The maximum absolute atomic E-state index is 12.1. The summed E-state index contributed by atoms with van der Waals surface area (Å²) in [5.41, 5.74) is 15.9. The van der Waals surface area contributed by atoms with Gasteiger partial charge in [-0.25, -0.2) is 0 Å². The number of hydrogen-bond donors (Lipinski definition) is 2. The monoisotopic (exact) mass is 811 g/mol. The molecule has 2 N–H and O–H groups in total. The van der Waals surface area contributed by atoms with Crippen molar-refractivity contribution in [3.63, 3.8) is 0 Å². The summed E-state index contributed by atoms with van der Waals surface area (Å²) in [5, 5.41) is 3.65. The van der Waals surface area contributed by atoms with E-state index in [1.165, 1.54) is 18.2 Å². The molecular weight excluding hydrogens is 759 g/mol. The number of nitrogens with zero attached hydrogens (tertiary/aromatic N) is 3. The van der Waals surface area contributed by atoms with Gasteiger partial charge in [-0.2, -0.15) is 16.8 Å². The highest BCUT2D eigenvalue weighted by molar-refractivity contribution is 7.86. The standard InChI is InChI=1S/C45H53N3O7S2/c1-8-9-13-38-39-24-23-37(57(52,53)54)29-42(39)45(6,7)40(38)25-19-34-12-10-11-33(43(34)55-35-20-16-32(17-21-35)26-27-47-48-46)18-15-31(3)44(4,5)41-28-36(56(49,50)51)22-14-30(41)2/h14-25,28-29,38H,3,8-13,26-27H2,1-2,4-7H3,(H,49,50,51)(H,52,53,54)/b18-15+,34-19+,40-25-. The molecule has 0 saturated heterocycles. The van der Waals surface area contributed by atoms with E-state index in [2.05, 4.69) is 49.5 Å². The number of azide groups is 1. The van der Waals surface area contributed by atoms with E-state index in [9.17, 15) is 25.9 Å². The molecule has 5 rings (SSSR count). The minimum atomic E-state index is -4.40. The summed E-state index contributed by atoms with van der Waals surface area (Å²) in [6.45, 7) is 16.9. The fraction of sp³-hybridized carbons (Fsp3) is 0.378. The highest BCUT2D eigenvalue weighted by Gasteiger charge is 2.41. The van der Waals surface area contributed by atoms with Gasteiger partial charge in [0.25, 0.3) is 20.2 Å². The largest absolute Gasteiger partial charge is 0.457 e. The van der Waals surface area contributed by atoms with Gasteiger partial charge in [-0.05, 0) is 125 Å². The van der Waals surface area contributed by atoms with E-state index in [0.29, 0.717) is 18.7 Å². The summed E-state index contributed by atoms with van der Waals surface area (Å²) in [6.07, 6.45) is 14.1. The Balaban J connectivity index is 1.59. The van der Waals surface area contributed by atoms with Gasteiger partial charge in [0.1, 0.15) is 11.5 Å². The van der Waals surface area contributed by atoms with Crippen molar-refractivity contribution < 1.29 is 30.7 Å². The lowest BCUT2D eigenvalue weighted by Crippen LogP contribution is -2.21. The molecule has 3 aromatic carbocycles. The zero-order valence-electron chi connectivity index (χ0n) is 33.6. The second kappa shape index (κ2) is 17.4. The first kappa shape index (κ1) is 43.4. The molecule has 0 aromatic heterocycles. The smallest absolute Gasteiger partial charge is 0.294 e. The maximum atomic E-state index is 12.1. The van der Waals surface area contributed by atoms with Gasteiger partial charge in [-0.15, -0.1) is 0 Å². The zero-order chi connectivity index (χ0) is 41.8. The normalized spacial score (nSPS) is 18.6. The van der Waals surface area contributed by atoms with E-state index in [4.69, 9.17) is 10.3 Å². The van der Waals surface area contributed by atoms with E-state index in [-0.39, 0.29) is 15.7 Å². The summed E-state index contributed by atoms with van der Waals surface area (Å²) in [4.78, 5) is 2.56. The van der Waals surface area contributed by atoms with Crippen LogP contribution in [-0.4, -0.2) is 32.5 Å². The van der Waals surface area contributed by atoms with E-state index in [1.807, 2.05) is 63.3 Å². The van der Waals surface area contributed by atoms with Crippen molar-refractivity contribution in [2.45, 2.75) is 113 Å².